The molecule has 22 heavy (non-hydrogen) atoms. The number of amides is 2. The summed E-state index contributed by atoms with van der Waals surface area (Å²) >= 11 is 0. The number of pyridine rings is 1. The number of fused-ring (bicyclic) bond motifs is 1. The molecule has 0 atom stereocenters. The first-order valence-corrected chi connectivity index (χ1v) is 6.40. The molecule has 108 valence electrons. The Morgan fingerprint density at radius 3 is 2.45 bits per heavy atom. The van der Waals surface area contributed by atoms with Crippen molar-refractivity contribution >= 4 is 17.6 Å². The Bertz CT molecular complexity index is 904. The molecule has 2 heterocycles. The fourth-order valence-electron chi connectivity index (χ4n) is 2.40. The summed E-state index contributed by atoms with van der Waals surface area (Å²) in [6, 6.07) is 9.77. The van der Waals surface area contributed by atoms with Gasteiger partial charge in [0.25, 0.3) is 17.4 Å². The standard InChI is InChI=1S/C15H10N4O3/c16-6-5-8-1-3-9(4-2-8)19-11(20)7-10-12(13(19)17)15(22)18-14(10)21/h1-4,7H,5,17H2,(H,18,21,22). The second-order valence-electron chi connectivity index (χ2n) is 4.78. The number of hydrogen-bond donors (Lipinski definition) is 2. The third-order valence-electron chi connectivity index (χ3n) is 3.43. The molecule has 1 aromatic heterocycles. The summed E-state index contributed by atoms with van der Waals surface area (Å²) in [5, 5.41) is 10.8. The summed E-state index contributed by atoms with van der Waals surface area (Å²) in [6.07, 6.45) is 0.256. The molecular formula is C15H10N4O3. The molecule has 0 fully saturated rings. The van der Waals surface area contributed by atoms with Gasteiger partial charge in [-0.15, -0.1) is 0 Å². The molecule has 7 heteroatoms. The highest BCUT2D eigenvalue weighted by atomic mass is 16.2. The summed E-state index contributed by atoms with van der Waals surface area (Å²) in [7, 11) is 0. The lowest BCUT2D eigenvalue weighted by atomic mass is 10.1. The van der Waals surface area contributed by atoms with E-state index in [9.17, 15) is 14.4 Å². The minimum atomic E-state index is -0.625. The monoisotopic (exact) mass is 294 g/mol. The van der Waals surface area contributed by atoms with E-state index in [1.807, 2.05) is 6.07 Å². The maximum Gasteiger partial charge on any atom is 0.262 e. The van der Waals surface area contributed by atoms with E-state index in [2.05, 4.69) is 5.32 Å². The Morgan fingerprint density at radius 1 is 1.14 bits per heavy atom. The normalized spacial score (nSPS) is 12.7. The summed E-state index contributed by atoms with van der Waals surface area (Å²) in [6.45, 7) is 0. The quantitative estimate of drug-likeness (QED) is 0.776. The number of nitrogens with two attached hydrogens (primary N) is 1. The first-order chi connectivity index (χ1) is 10.5. The van der Waals surface area contributed by atoms with E-state index in [1.165, 1.54) is 0 Å². The number of benzene rings is 1. The Morgan fingerprint density at radius 2 is 1.82 bits per heavy atom. The summed E-state index contributed by atoms with van der Waals surface area (Å²) in [4.78, 5) is 35.5. The maximum atomic E-state index is 12.2. The molecule has 1 aliphatic rings. The van der Waals surface area contributed by atoms with Crippen LogP contribution in [0.3, 0.4) is 0 Å². The zero-order chi connectivity index (χ0) is 15.9. The Hall–Kier alpha value is -3.40. The van der Waals surface area contributed by atoms with E-state index in [4.69, 9.17) is 11.0 Å². The lowest BCUT2D eigenvalue weighted by molar-refractivity contribution is 0.0880. The van der Waals surface area contributed by atoms with Crippen molar-refractivity contribution in [2.45, 2.75) is 6.42 Å². The van der Waals surface area contributed by atoms with Gasteiger partial charge in [-0.25, -0.2) is 0 Å². The molecule has 0 aliphatic carbocycles. The van der Waals surface area contributed by atoms with Gasteiger partial charge < -0.3 is 5.73 Å². The molecule has 0 bridgehead atoms. The van der Waals surface area contributed by atoms with Gasteiger partial charge in [-0.1, -0.05) is 12.1 Å². The van der Waals surface area contributed by atoms with Gasteiger partial charge in [-0.2, -0.15) is 5.26 Å². The van der Waals surface area contributed by atoms with Crippen molar-refractivity contribution < 1.29 is 9.59 Å². The number of anilines is 1. The molecule has 2 amide bonds. The number of nitriles is 1. The minimum Gasteiger partial charge on any atom is -0.384 e. The van der Waals surface area contributed by atoms with Gasteiger partial charge in [0, 0.05) is 6.07 Å². The van der Waals surface area contributed by atoms with Crippen LogP contribution in [0.2, 0.25) is 0 Å². The van der Waals surface area contributed by atoms with Crippen molar-refractivity contribution in [3.05, 3.63) is 57.4 Å². The van der Waals surface area contributed by atoms with Crippen LogP contribution in [0.4, 0.5) is 5.82 Å². The number of nitrogen functional groups attached to an aromatic ring is 1. The van der Waals surface area contributed by atoms with Crippen molar-refractivity contribution in [3.63, 3.8) is 0 Å². The van der Waals surface area contributed by atoms with E-state index in [0.29, 0.717) is 5.69 Å². The molecule has 0 saturated heterocycles. The van der Waals surface area contributed by atoms with Crippen molar-refractivity contribution in [2.75, 3.05) is 5.73 Å². The predicted molar refractivity (Wildman–Crippen MR) is 77.6 cm³/mol. The van der Waals surface area contributed by atoms with Crippen LogP contribution in [0.5, 0.6) is 0 Å². The van der Waals surface area contributed by atoms with Crippen LogP contribution >= 0.6 is 0 Å². The van der Waals surface area contributed by atoms with E-state index in [0.717, 1.165) is 16.2 Å². The molecule has 2 aromatic rings. The molecule has 0 spiro atoms. The number of hydrogen-bond acceptors (Lipinski definition) is 5. The smallest absolute Gasteiger partial charge is 0.262 e. The average molecular weight is 294 g/mol. The van der Waals surface area contributed by atoms with E-state index < -0.39 is 17.4 Å². The zero-order valence-electron chi connectivity index (χ0n) is 11.3. The Balaban J connectivity index is 2.19. The van der Waals surface area contributed by atoms with E-state index in [1.54, 1.807) is 24.3 Å². The van der Waals surface area contributed by atoms with Gasteiger partial charge in [-0.05, 0) is 17.7 Å². The van der Waals surface area contributed by atoms with Crippen molar-refractivity contribution in [2.24, 2.45) is 0 Å². The molecule has 3 rings (SSSR count). The Kier molecular flexibility index (Phi) is 3.00. The highest BCUT2D eigenvalue weighted by Gasteiger charge is 2.31. The molecule has 7 nitrogen and oxygen atoms in total. The number of aromatic nitrogens is 1. The molecule has 0 saturated carbocycles. The molecule has 0 radical (unpaired) electrons. The van der Waals surface area contributed by atoms with Gasteiger partial charge in [0.1, 0.15) is 5.82 Å². The van der Waals surface area contributed by atoms with Gasteiger partial charge >= 0.3 is 0 Å². The molecular weight excluding hydrogens is 284 g/mol. The van der Waals surface area contributed by atoms with Gasteiger partial charge in [0.2, 0.25) is 0 Å². The number of carbonyl (C=O) groups is 2. The van der Waals surface area contributed by atoms with Crippen LogP contribution in [0.25, 0.3) is 5.69 Å². The third-order valence-corrected chi connectivity index (χ3v) is 3.43. The van der Waals surface area contributed by atoms with Crippen molar-refractivity contribution in [1.29, 1.82) is 5.26 Å². The Labute approximate surface area is 124 Å². The zero-order valence-corrected chi connectivity index (χ0v) is 11.3. The highest BCUT2D eigenvalue weighted by molar-refractivity contribution is 6.23. The number of nitrogens with zero attached hydrogens (tertiary/aromatic N) is 2. The molecule has 3 N–H and O–H groups in total. The SMILES string of the molecule is N#CCc1ccc(-n2c(N)c3c(cc2=O)C(=O)NC3=O)cc1. The van der Waals surface area contributed by atoms with Gasteiger partial charge in [0.05, 0.1) is 29.3 Å². The third kappa shape index (κ3) is 1.94. The van der Waals surface area contributed by atoms with E-state index >= 15 is 0 Å². The maximum absolute atomic E-state index is 12.2. The highest BCUT2D eigenvalue weighted by Crippen LogP contribution is 2.22. The van der Waals surface area contributed by atoms with Crippen LogP contribution in [0, 0.1) is 11.3 Å². The number of nitrogens with one attached hydrogen (secondary N) is 1. The molecule has 1 aromatic carbocycles. The largest absolute Gasteiger partial charge is 0.384 e. The number of carbonyl (C=O) groups excluding carboxylic acids is 2. The average Bonchev–Trinajstić information content (AvgIpc) is 2.76. The van der Waals surface area contributed by atoms with Gasteiger partial charge in [0.15, 0.2) is 0 Å². The first kappa shape index (κ1) is 13.6. The van der Waals surface area contributed by atoms with Crippen LogP contribution in [0.15, 0.2) is 35.1 Å². The predicted octanol–water partition coefficient (Wildman–Crippen LogP) is 0.369. The van der Waals surface area contributed by atoms with Gasteiger partial charge in [-0.3, -0.25) is 24.3 Å². The second-order valence-corrected chi connectivity index (χ2v) is 4.78. The van der Waals surface area contributed by atoms with Crippen molar-refractivity contribution in [1.82, 2.24) is 9.88 Å². The fraction of sp³-hybridized carbons (Fsp3) is 0.0667. The molecule has 1 aliphatic heterocycles. The van der Waals surface area contributed by atoms with Crippen LogP contribution in [-0.4, -0.2) is 16.4 Å². The summed E-state index contributed by atoms with van der Waals surface area (Å²) < 4.78 is 1.16. The first-order valence-electron chi connectivity index (χ1n) is 6.40. The number of rotatable bonds is 2. The second kappa shape index (κ2) is 4.86. The fourth-order valence-corrected chi connectivity index (χ4v) is 2.40. The summed E-state index contributed by atoms with van der Waals surface area (Å²) in [5.41, 5.74) is 6.66. The minimum absolute atomic E-state index is 0.00528. The van der Waals surface area contributed by atoms with Crippen LogP contribution < -0.4 is 16.6 Å². The lowest BCUT2D eigenvalue weighted by Gasteiger charge is -2.12. The number of imide groups is 1. The van der Waals surface area contributed by atoms with Crippen LogP contribution in [-0.2, 0) is 6.42 Å². The summed E-state index contributed by atoms with van der Waals surface area (Å²) in [5.74, 6) is -1.33. The van der Waals surface area contributed by atoms with Crippen molar-refractivity contribution in [3.8, 4) is 11.8 Å². The topological polar surface area (TPSA) is 118 Å². The van der Waals surface area contributed by atoms with E-state index in [-0.39, 0.29) is 23.4 Å². The lowest BCUT2D eigenvalue weighted by Crippen LogP contribution is -2.24. The molecule has 0 unspecified atom stereocenters. The van der Waals surface area contributed by atoms with Crippen LogP contribution in [0.1, 0.15) is 26.3 Å².